The first-order valence-corrected chi connectivity index (χ1v) is 14.4. The SMILES string of the molecule is C=C(C)C(=O)OCCCCc1nc2cc(N=Nc3ccc(N=Nc4ccc(N(CC)CC)cc4)c(F)c3)ccc2s1. The fraction of sp³-hybridized carbons (Fsp3) is 0.290. The number of thiazole rings is 1. The van der Waals surface area contributed by atoms with Crippen molar-refractivity contribution in [2.45, 2.75) is 40.0 Å². The van der Waals surface area contributed by atoms with Gasteiger partial charge in [-0.2, -0.15) is 15.3 Å². The molecule has 4 aromatic rings. The fourth-order valence-corrected chi connectivity index (χ4v) is 4.97. The quantitative estimate of drug-likeness (QED) is 0.0690. The van der Waals surface area contributed by atoms with Gasteiger partial charge in [-0.3, -0.25) is 0 Å². The van der Waals surface area contributed by atoms with E-state index in [0.717, 1.165) is 53.3 Å². The highest BCUT2D eigenvalue weighted by molar-refractivity contribution is 7.18. The Kier molecular flexibility index (Phi) is 10.4. The molecule has 0 amide bonds. The standard InChI is InChI=1S/C31H33FN6O2S/c1-5-38(6-2)25-14-10-22(11-15-25)34-37-27-16-12-23(19-26(27)32)35-36-24-13-17-29-28(20-24)33-30(41-29)9-7-8-18-40-31(39)21(3)4/h10-17,19-20H,3,5-9,18H2,1-2,4H3. The zero-order valence-electron chi connectivity index (χ0n) is 23.5. The number of rotatable bonds is 13. The van der Waals surface area contributed by atoms with Gasteiger partial charge in [-0.1, -0.05) is 6.58 Å². The molecule has 1 heterocycles. The molecule has 0 atom stereocenters. The molecule has 10 heteroatoms. The van der Waals surface area contributed by atoms with Gasteiger partial charge in [0.05, 0.1) is 38.9 Å². The Hall–Kier alpha value is -4.31. The van der Waals surface area contributed by atoms with Crippen LogP contribution in [0.25, 0.3) is 10.2 Å². The number of hydrogen-bond acceptors (Lipinski definition) is 9. The van der Waals surface area contributed by atoms with Crippen LogP contribution in [-0.2, 0) is 16.0 Å². The van der Waals surface area contributed by atoms with Crippen molar-refractivity contribution >= 4 is 56.0 Å². The molecule has 0 unspecified atom stereocenters. The Morgan fingerprint density at radius 2 is 1.59 bits per heavy atom. The molecule has 0 aliphatic rings. The van der Waals surface area contributed by atoms with Gasteiger partial charge in [-0.05, 0) is 94.6 Å². The Labute approximate surface area is 243 Å². The number of unbranched alkanes of at least 4 members (excludes halogenated alkanes) is 1. The molecule has 4 rings (SSSR count). The molecular formula is C31H33FN6O2S. The first-order valence-electron chi connectivity index (χ1n) is 13.6. The molecule has 1 aromatic heterocycles. The van der Waals surface area contributed by atoms with Crippen LogP contribution in [0.4, 0.5) is 32.8 Å². The molecule has 0 spiro atoms. The third-order valence-corrected chi connectivity index (χ3v) is 7.34. The van der Waals surface area contributed by atoms with E-state index in [1.54, 1.807) is 24.3 Å². The highest BCUT2D eigenvalue weighted by Crippen LogP contribution is 2.30. The summed E-state index contributed by atoms with van der Waals surface area (Å²) in [6.07, 6.45) is 2.42. The molecule has 0 N–H and O–H groups in total. The van der Waals surface area contributed by atoms with Crippen LogP contribution in [-0.4, -0.2) is 30.6 Å². The molecule has 0 aliphatic heterocycles. The summed E-state index contributed by atoms with van der Waals surface area (Å²) in [7, 11) is 0. The number of hydrogen-bond donors (Lipinski definition) is 0. The molecule has 0 fully saturated rings. The zero-order chi connectivity index (χ0) is 29.2. The van der Waals surface area contributed by atoms with Crippen LogP contribution >= 0.6 is 11.3 Å². The maximum Gasteiger partial charge on any atom is 0.333 e. The van der Waals surface area contributed by atoms with Gasteiger partial charge in [0.2, 0.25) is 0 Å². The summed E-state index contributed by atoms with van der Waals surface area (Å²) in [6, 6.07) is 17.8. The summed E-state index contributed by atoms with van der Waals surface area (Å²) in [5.74, 6) is -0.887. The number of halogens is 1. The predicted molar refractivity (Wildman–Crippen MR) is 163 cm³/mol. The minimum atomic E-state index is -0.529. The van der Waals surface area contributed by atoms with Crippen molar-refractivity contribution in [2.75, 3.05) is 24.6 Å². The van der Waals surface area contributed by atoms with Crippen molar-refractivity contribution in [3.63, 3.8) is 0 Å². The number of ether oxygens (including phenoxy) is 1. The summed E-state index contributed by atoms with van der Waals surface area (Å²) in [6.45, 7) is 11.6. The highest BCUT2D eigenvalue weighted by atomic mass is 32.1. The van der Waals surface area contributed by atoms with Crippen LogP contribution in [0.15, 0.2) is 93.3 Å². The van der Waals surface area contributed by atoms with Crippen LogP contribution in [0.2, 0.25) is 0 Å². The van der Waals surface area contributed by atoms with Gasteiger partial charge in [0.25, 0.3) is 0 Å². The number of azo groups is 2. The Morgan fingerprint density at radius 3 is 2.27 bits per heavy atom. The lowest BCUT2D eigenvalue weighted by molar-refractivity contribution is -0.139. The summed E-state index contributed by atoms with van der Waals surface area (Å²) < 4.78 is 20.9. The zero-order valence-corrected chi connectivity index (χ0v) is 24.3. The second kappa shape index (κ2) is 14.4. The summed E-state index contributed by atoms with van der Waals surface area (Å²) in [5, 5.41) is 17.7. The van der Waals surface area contributed by atoms with E-state index in [2.05, 4.69) is 45.8 Å². The van der Waals surface area contributed by atoms with E-state index in [-0.39, 0.29) is 11.7 Å². The average Bonchev–Trinajstić information content (AvgIpc) is 3.38. The van der Waals surface area contributed by atoms with Crippen molar-refractivity contribution in [3.05, 3.63) is 83.6 Å². The molecule has 41 heavy (non-hydrogen) atoms. The molecule has 0 radical (unpaired) electrons. The number of carbonyl (C=O) groups is 1. The van der Waals surface area contributed by atoms with Gasteiger partial charge in [-0.15, -0.1) is 16.5 Å². The van der Waals surface area contributed by atoms with Crippen LogP contribution < -0.4 is 4.90 Å². The molecule has 0 saturated carbocycles. The molecule has 0 aliphatic carbocycles. The van der Waals surface area contributed by atoms with E-state index in [1.165, 1.54) is 12.1 Å². The molecule has 212 valence electrons. The normalized spacial score (nSPS) is 11.5. The minimum absolute atomic E-state index is 0.127. The van der Waals surface area contributed by atoms with Crippen molar-refractivity contribution < 1.29 is 13.9 Å². The minimum Gasteiger partial charge on any atom is -0.462 e. The Bertz CT molecular complexity index is 1560. The van der Waals surface area contributed by atoms with Crippen molar-refractivity contribution in [1.82, 2.24) is 4.98 Å². The largest absolute Gasteiger partial charge is 0.462 e. The number of aryl methyl sites for hydroxylation is 1. The van der Waals surface area contributed by atoms with Gasteiger partial charge < -0.3 is 9.64 Å². The van der Waals surface area contributed by atoms with Gasteiger partial charge in [0.15, 0.2) is 5.82 Å². The molecule has 3 aromatic carbocycles. The monoisotopic (exact) mass is 572 g/mol. The summed E-state index contributed by atoms with van der Waals surface area (Å²) >= 11 is 1.62. The van der Waals surface area contributed by atoms with E-state index >= 15 is 0 Å². The molecule has 8 nitrogen and oxygen atoms in total. The third kappa shape index (κ3) is 8.34. The Balaban J connectivity index is 1.33. The van der Waals surface area contributed by atoms with E-state index in [0.29, 0.717) is 29.2 Å². The predicted octanol–water partition coefficient (Wildman–Crippen LogP) is 9.55. The maximum atomic E-state index is 14.7. The third-order valence-electron chi connectivity index (χ3n) is 6.25. The molecule has 0 saturated heterocycles. The van der Waals surface area contributed by atoms with E-state index in [9.17, 15) is 9.18 Å². The van der Waals surface area contributed by atoms with E-state index < -0.39 is 5.82 Å². The number of esters is 1. The smallest absolute Gasteiger partial charge is 0.333 e. The Morgan fingerprint density at radius 1 is 0.927 bits per heavy atom. The van der Waals surface area contributed by atoms with Crippen molar-refractivity contribution in [3.8, 4) is 0 Å². The molecule has 0 bridgehead atoms. The second-order valence-electron chi connectivity index (χ2n) is 9.36. The van der Waals surface area contributed by atoms with Gasteiger partial charge >= 0.3 is 5.97 Å². The van der Waals surface area contributed by atoms with E-state index in [4.69, 9.17) is 9.72 Å². The van der Waals surface area contributed by atoms with E-state index in [1.807, 2.05) is 42.5 Å². The van der Waals surface area contributed by atoms with Crippen LogP contribution in [0, 0.1) is 5.82 Å². The lowest BCUT2D eigenvalue weighted by Gasteiger charge is -2.20. The fourth-order valence-electron chi connectivity index (χ4n) is 3.98. The van der Waals surface area contributed by atoms with Crippen molar-refractivity contribution in [1.29, 1.82) is 0 Å². The number of benzene rings is 3. The van der Waals surface area contributed by atoms with Crippen molar-refractivity contribution in [2.24, 2.45) is 20.5 Å². The lowest BCUT2D eigenvalue weighted by Crippen LogP contribution is -2.21. The van der Waals surface area contributed by atoms with Crippen LogP contribution in [0.1, 0.15) is 38.6 Å². The lowest BCUT2D eigenvalue weighted by atomic mass is 10.2. The maximum absolute atomic E-state index is 14.7. The number of carbonyl (C=O) groups excluding carboxylic acids is 1. The summed E-state index contributed by atoms with van der Waals surface area (Å²) in [5.41, 5.74) is 4.12. The van der Waals surface area contributed by atoms with Gasteiger partial charge in [0.1, 0.15) is 5.69 Å². The highest BCUT2D eigenvalue weighted by Gasteiger charge is 2.08. The first kappa shape index (κ1) is 29.7. The summed E-state index contributed by atoms with van der Waals surface area (Å²) in [4.78, 5) is 18.4. The van der Waals surface area contributed by atoms with Crippen LogP contribution in [0.5, 0.6) is 0 Å². The average molecular weight is 573 g/mol. The van der Waals surface area contributed by atoms with Crippen LogP contribution in [0.3, 0.4) is 0 Å². The number of aromatic nitrogens is 1. The van der Waals surface area contributed by atoms with Gasteiger partial charge in [-0.25, -0.2) is 14.2 Å². The number of fused-ring (bicyclic) bond motifs is 1. The topological polar surface area (TPSA) is 91.9 Å². The molecular weight excluding hydrogens is 539 g/mol. The number of nitrogens with zero attached hydrogens (tertiary/aromatic N) is 6. The second-order valence-corrected chi connectivity index (χ2v) is 10.5. The number of anilines is 1. The van der Waals surface area contributed by atoms with Gasteiger partial charge in [0, 0.05) is 30.4 Å². The first-order chi connectivity index (χ1) is 19.9.